The highest BCUT2D eigenvalue weighted by atomic mass is 16.6. The van der Waals surface area contributed by atoms with Crippen LogP contribution in [0.3, 0.4) is 0 Å². The van der Waals surface area contributed by atoms with Crippen LogP contribution in [-0.4, -0.2) is 65.1 Å². The molecule has 36 heavy (non-hydrogen) atoms. The van der Waals surface area contributed by atoms with E-state index in [1.54, 1.807) is 31.6 Å². The first kappa shape index (κ1) is 23.4. The van der Waals surface area contributed by atoms with E-state index in [9.17, 15) is 10.1 Å². The number of rotatable bonds is 7. The molecule has 1 N–H and O–H groups in total. The van der Waals surface area contributed by atoms with Gasteiger partial charge in [-0.05, 0) is 38.7 Å². The van der Waals surface area contributed by atoms with E-state index in [4.69, 9.17) is 4.74 Å². The number of nitrogens with zero attached hydrogens (tertiary/aromatic N) is 6. The van der Waals surface area contributed by atoms with Crippen molar-refractivity contribution in [3.63, 3.8) is 0 Å². The Bertz CT molecular complexity index is 1430. The van der Waals surface area contributed by atoms with Crippen LogP contribution >= 0.6 is 0 Å². The molecule has 10 nitrogen and oxygen atoms in total. The van der Waals surface area contributed by atoms with Crippen LogP contribution in [-0.2, 0) is 0 Å². The molecule has 3 heterocycles. The van der Waals surface area contributed by atoms with E-state index in [1.807, 2.05) is 49.3 Å². The highest BCUT2D eigenvalue weighted by molar-refractivity contribution is 5.83. The van der Waals surface area contributed by atoms with Gasteiger partial charge in [-0.3, -0.25) is 15.1 Å². The fraction of sp³-hybridized carbons (Fsp3) is 0.269. The molecule has 184 valence electrons. The smallest absolute Gasteiger partial charge is 0.294 e. The van der Waals surface area contributed by atoms with E-state index in [1.165, 1.54) is 6.07 Å². The second-order valence-corrected chi connectivity index (χ2v) is 8.96. The van der Waals surface area contributed by atoms with Crippen molar-refractivity contribution in [2.75, 3.05) is 44.5 Å². The second kappa shape index (κ2) is 9.74. The third kappa shape index (κ3) is 4.63. The first-order chi connectivity index (χ1) is 17.4. The summed E-state index contributed by atoms with van der Waals surface area (Å²) < 4.78 is 5.60. The second-order valence-electron chi connectivity index (χ2n) is 8.96. The molecule has 1 aliphatic heterocycles. The molecule has 1 atom stereocenters. The Morgan fingerprint density at radius 1 is 1.17 bits per heavy atom. The number of nitrogens with one attached hydrogen (secondary N) is 1. The molecule has 0 bridgehead atoms. The number of fused-ring (bicyclic) bond motifs is 1. The lowest BCUT2D eigenvalue weighted by Gasteiger charge is -2.22. The van der Waals surface area contributed by atoms with E-state index in [-0.39, 0.29) is 10.6 Å². The fourth-order valence-electron chi connectivity index (χ4n) is 4.52. The molecule has 0 amide bonds. The number of para-hydroxylation sites is 1. The maximum absolute atomic E-state index is 12.0. The summed E-state index contributed by atoms with van der Waals surface area (Å²) in [5.74, 6) is 0.778. The normalized spacial score (nSPS) is 15.4. The van der Waals surface area contributed by atoms with Crippen molar-refractivity contribution in [3.8, 4) is 17.0 Å². The van der Waals surface area contributed by atoms with Gasteiger partial charge in [-0.1, -0.05) is 18.2 Å². The average molecular weight is 486 g/mol. The van der Waals surface area contributed by atoms with Gasteiger partial charge in [0.1, 0.15) is 11.4 Å². The molecule has 0 radical (unpaired) electrons. The molecule has 1 aliphatic rings. The van der Waals surface area contributed by atoms with Crippen LogP contribution in [0.25, 0.3) is 22.2 Å². The highest BCUT2D eigenvalue weighted by Crippen LogP contribution is 2.40. The number of hydrogen-bond acceptors (Lipinski definition) is 9. The van der Waals surface area contributed by atoms with Gasteiger partial charge in [-0.15, -0.1) is 0 Å². The van der Waals surface area contributed by atoms with Crippen molar-refractivity contribution < 1.29 is 9.66 Å². The van der Waals surface area contributed by atoms with Crippen molar-refractivity contribution in [2.24, 2.45) is 0 Å². The van der Waals surface area contributed by atoms with Crippen molar-refractivity contribution >= 4 is 33.9 Å². The van der Waals surface area contributed by atoms with Crippen LogP contribution in [0.1, 0.15) is 6.42 Å². The minimum absolute atomic E-state index is 0.00703. The fourth-order valence-corrected chi connectivity index (χ4v) is 4.52. The summed E-state index contributed by atoms with van der Waals surface area (Å²) in [5, 5.41) is 16.1. The van der Waals surface area contributed by atoms with Crippen molar-refractivity contribution in [1.29, 1.82) is 0 Å². The average Bonchev–Trinajstić information content (AvgIpc) is 3.39. The van der Waals surface area contributed by atoms with E-state index in [0.29, 0.717) is 41.4 Å². The third-order valence-corrected chi connectivity index (χ3v) is 6.52. The summed E-state index contributed by atoms with van der Waals surface area (Å²) in [6, 6.07) is 15.2. The number of aromatic nitrogens is 3. The SMILES string of the molecule is COc1cc(N2CCC(N(C)C)C2)c([N+](=O)[O-])cc1Nc1nccc(-c2cnc3ccccc3c2)n1. The molecule has 0 saturated carbocycles. The molecule has 1 unspecified atom stereocenters. The lowest BCUT2D eigenvalue weighted by Crippen LogP contribution is -2.31. The van der Waals surface area contributed by atoms with Gasteiger partial charge < -0.3 is 19.9 Å². The van der Waals surface area contributed by atoms with Crippen LogP contribution in [0.5, 0.6) is 5.75 Å². The number of benzene rings is 2. The topological polar surface area (TPSA) is 110 Å². The van der Waals surface area contributed by atoms with Gasteiger partial charge in [-0.25, -0.2) is 9.97 Å². The van der Waals surface area contributed by atoms with Crippen LogP contribution < -0.4 is 15.0 Å². The van der Waals surface area contributed by atoms with Gasteiger partial charge in [0.25, 0.3) is 5.69 Å². The Morgan fingerprint density at radius 3 is 2.75 bits per heavy atom. The predicted molar refractivity (Wildman–Crippen MR) is 140 cm³/mol. The summed E-state index contributed by atoms with van der Waals surface area (Å²) in [6.07, 6.45) is 4.35. The number of methoxy groups -OCH3 is 1. The Hall–Kier alpha value is -4.31. The molecule has 1 saturated heterocycles. The van der Waals surface area contributed by atoms with Gasteiger partial charge in [0.15, 0.2) is 0 Å². The van der Waals surface area contributed by atoms with Gasteiger partial charge in [0.05, 0.1) is 28.9 Å². The number of anilines is 3. The summed E-state index contributed by atoms with van der Waals surface area (Å²) in [4.78, 5) is 29.3. The molecule has 1 fully saturated rings. The summed E-state index contributed by atoms with van der Waals surface area (Å²) >= 11 is 0. The Labute approximate surface area is 208 Å². The highest BCUT2D eigenvalue weighted by Gasteiger charge is 2.30. The van der Waals surface area contributed by atoms with E-state index in [0.717, 1.165) is 29.4 Å². The summed E-state index contributed by atoms with van der Waals surface area (Å²) in [5.41, 5.74) is 3.40. The number of likely N-dealkylation sites (N-methyl/N-ethyl adjacent to an activating group) is 1. The summed E-state index contributed by atoms with van der Waals surface area (Å²) in [6.45, 7) is 1.46. The lowest BCUT2D eigenvalue weighted by molar-refractivity contribution is -0.384. The van der Waals surface area contributed by atoms with Crippen molar-refractivity contribution in [1.82, 2.24) is 19.9 Å². The maximum Gasteiger partial charge on any atom is 0.294 e. The first-order valence-electron chi connectivity index (χ1n) is 11.7. The van der Waals surface area contributed by atoms with Crippen LogP contribution in [0.2, 0.25) is 0 Å². The quantitative estimate of drug-likeness (QED) is 0.299. The molecule has 0 aliphatic carbocycles. The van der Waals surface area contributed by atoms with Crippen molar-refractivity contribution in [2.45, 2.75) is 12.5 Å². The lowest BCUT2D eigenvalue weighted by atomic mass is 10.1. The van der Waals surface area contributed by atoms with E-state index in [2.05, 4.69) is 25.2 Å². The van der Waals surface area contributed by atoms with Crippen LogP contribution in [0, 0.1) is 10.1 Å². The van der Waals surface area contributed by atoms with Gasteiger partial charge in [0, 0.05) is 54.6 Å². The number of hydrogen-bond donors (Lipinski definition) is 1. The maximum atomic E-state index is 12.0. The monoisotopic (exact) mass is 485 g/mol. The molecule has 2 aromatic carbocycles. The Kier molecular flexibility index (Phi) is 6.34. The van der Waals surface area contributed by atoms with Gasteiger partial charge in [0.2, 0.25) is 5.95 Å². The third-order valence-electron chi connectivity index (χ3n) is 6.52. The van der Waals surface area contributed by atoms with E-state index >= 15 is 0 Å². The molecule has 4 aromatic rings. The zero-order valence-corrected chi connectivity index (χ0v) is 20.4. The van der Waals surface area contributed by atoms with Gasteiger partial charge >= 0.3 is 0 Å². The first-order valence-corrected chi connectivity index (χ1v) is 11.7. The number of nitro groups is 1. The predicted octanol–water partition coefficient (Wildman–Crippen LogP) is 4.49. The molecule has 0 spiro atoms. The zero-order chi connectivity index (χ0) is 25.2. The Balaban J connectivity index is 1.46. The Morgan fingerprint density at radius 2 is 2.00 bits per heavy atom. The van der Waals surface area contributed by atoms with E-state index < -0.39 is 0 Å². The van der Waals surface area contributed by atoms with Gasteiger partial charge in [-0.2, -0.15) is 0 Å². The number of nitro benzene ring substituents is 1. The molecular weight excluding hydrogens is 458 g/mol. The minimum Gasteiger partial charge on any atom is -0.494 e. The molecular formula is C26H27N7O3. The summed E-state index contributed by atoms with van der Waals surface area (Å²) in [7, 11) is 5.59. The number of ether oxygens (including phenoxy) is 1. The minimum atomic E-state index is -0.360. The zero-order valence-electron chi connectivity index (χ0n) is 20.4. The molecule has 10 heteroatoms. The molecule has 2 aromatic heterocycles. The van der Waals surface area contributed by atoms with Crippen LogP contribution in [0.15, 0.2) is 60.9 Å². The number of pyridine rings is 1. The largest absolute Gasteiger partial charge is 0.494 e. The molecule has 5 rings (SSSR count). The van der Waals surface area contributed by atoms with Crippen LogP contribution in [0.4, 0.5) is 23.0 Å². The standard InChI is InChI=1S/C26H27N7O3/c1-31(2)19-9-11-32(16-19)23-14-25(36-3)22(13-24(23)33(34)35)30-26-27-10-8-21(29-26)18-12-17-6-4-5-7-20(17)28-15-18/h4-8,10,12-15,19H,9,11,16H2,1-3H3,(H,27,29,30). The van der Waals surface area contributed by atoms with Crippen molar-refractivity contribution in [3.05, 3.63) is 71.0 Å².